The molecule has 4 rings (SSSR count). The van der Waals surface area contributed by atoms with Crippen molar-refractivity contribution in [3.63, 3.8) is 0 Å². The first-order chi connectivity index (χ1) is 20.2. The van der Waals surface area contributed by atoms with Crippen LogP contribution in [0.4, 0.5) is 4.39 Å². The van der Waals surface area contributed by atoms with Crippen LogP contribution in [0.5, 0.6) is 0 Å². The SMILES string of the molecule is CCCN(CC(=O)N(Cc1cccc(F)c1)C1CCN(C(=O)[C@@H](CC)c2ccccc2)CC1)S(=O)(=O)c1ccccc1. The van der Waals surface area contributed by atoms with Gasteiger partial charge in [-0.1, -0.05) is 74.5 Å². The fraction of sp³-hybridized carbons (Fsp3) is 0.394. The molecule has 1 saturated heterocycles. The molecule has 0 aromatic heterocycles. The van der Waals surface area contributed by atoms with Crippen LogP contribution in [0.1, 0.15) is 56.6 Å². The normalized spacial score (nSPS) is 15.0. The number of halogens is 1. The van der Waals surface area contributed by atoms with Crippen LogP contribution in [0.25, 0.3) is 0 Å². The van der Waals surface area contributed by atoms with E-state index in [1.807, 2.05) is 49.1 Å². The lowest BCUT2D eigenvalue weighted by Crippen LogP contribution is -2.51. The van der Waals surface area contributed by atoms with Crippen LogP contribution < -0.4 is 0 Å². The average Bonchev–Trinajstić information content (AvgIpc) is 3.01. The Kier molecular flexibility index (Phi) is 10.9. The van der Waals surface area contributed by atoms with E-state index in [1.54, 1.807) is 35.2 Å². The minimum Gasteiger partial charge on any atom is -0.342 e. The molecule has 0 unspecified atom stereocenters. The third-order valence-electron chi connectivity index (χ3n) is 7.85. The molecule has 2 amide bonds. The van der Waals surface area contributed by atoms with Crippen molar-refractivity contribution in [2.45, 2.75) is 62.9 Å². The van der Waals surface area contributed by atoms with Crippen molar-refractivity contribution in [1.82, 2.24) is 14.1 Å². The van der Waals surface area contributed by atoms with E-state index in [2.05, 4.69) is 0 Å². The molecule has 0 saturated carbocycles. The van der Waals surface area contributed by atoms with E-state index in [-0.39, 0.29) is 48.3 Å². The van der Waals surface area contributed by atoms with Crippen molar-refractivity contribution >= 4 is 21.8 Å². The smallest absolute Gasteiger partial charge is 0.243 e. The molecule has 1 heterocycles. The van der Waals surface area contributed by atoms with Crippen molar-refractivity contribution in [2.24, 2.45) is 0 Å². The highest BCUT2D eigenvalue weighted by molar-refractivity contribution is 7.89. The van der Waals surface area contributed by atoms with E-state index in [0.29, 0.717) is 44.3 Å². The molecule has 0 aliphatic carbocycles. The summed E-state index contributed by atoms with van der Waals surface area (Å²) in [6.07, 6.45) is 2.34. The van der Waals surface area contributed by atoms with Crippen LogP contribution in [-0.2, 0) is 26.2 Å². The average molecular weight is 594 g/mol. The highest BCUT2D eigenvalue weighted by atomic mass is 32.2. The van der Waals surface area contributed by atoms with E-state index >= 15 is 0 Å². The summed E-state index contributed by atoms with van der Waals surface area (Å²) in [6, 6.07) is 23.8. The summed E-state index contributed by atoms with van der Waals surface area (Å²) in [7, 11) is -3.89. The zero-order chi connectivity index (χ0) is 30.1. The maximum Gasteiger partial charge on any atom is 0.243 e. The molecule has 1 aliphatic heterocycles. The van der Waals surface area contributed by atoms with Gasteiger partial charge in [0.05, 0.1) is 17.4 Å². The van der Waals surface area contributed by atoms with E-state index in [9.17, 15) is 22.4 Å². The van der Waals surface area contributed by atoms with E-state index in [1.165, 1.54) is 28.6 Å². The summed E-state index contributed by atoms with van der Waals surface area (Å²) in [5, 5.41) is 0. The highest BCUT2D eigenvalue weighted by Gasteiger charge is 2.34. The molecule has 0 N–H and O–H groups in total. The van der Waals surface area contributed by atoms with Gasteiger partial charge < -0.3 is 9.80 Å². The van der Waals surface area contributed by atoms with Gasteiger partial charge in [0, 0.05) is 32.2 Å². The Labute approximate surface area is 249 Å². The number of hydrogen-bond donors (Lipinski definition) is 0. The van der Waals surface area contributed by atoms with Crippen LogP contribution in [0.3, 0.4) is 0 Å². The van der Waals surface area contributed by atoms with Crippen LogP contribution in [0.2, 0.25) is 0 Å². The molecule has 0 radical (unpaired) electrons. The molecule has 3 aromatic carbocycles. The van der Waals surface area contributed by atoms with E-state index in [4.69, 9.17) is 0 Å². The molecule has 42 heavy (non-hydrogen) atoms. The number of sulfonamides is 1. The fourth-order valence-electron chi connectivity index (χ4n) is 5.63. The van der Waals surface area contributed by atoms with Crippen molar-refractivity contribution < 1.29 is 22.4 Å². The number of rotatable bonds is 12. The number of hydrogen-bond acceptors (Lipinski definition) is 4. The van der Waals surface area contributed by atoms with Crippen LogP contribution in [0.15, 0.2) is 89.8 Å². The minimum absolute atomic E-state index is 0.0771. The van der Waals surface area contributed by atoms with Gasteiger partial charge >= 0.3 is 0 Å². The van der Waals surface area contributed by atoms with Gasteiger partial charge in [0.2, 0.25) is 21.8 Å². The Morgan fingerprint density at radius 1 is 0.929 bits per heavy atom. The number of piperidine rings is 1. The van der Waals surface area contributed by atoms with Crippen molar-refractivity contribution in [3.8, 4) is 0 Å². The fourth-order valence-corrected chi connectivity index (χ4v) is 7.13. The number of benzene rings is 3. The summed E-state index contributed by atoms with van der Waals surface area (Å²) < 4.78 is 42.2. The van der Waals surface area contributed by atoms with E-state index in [0.717, 1.165) is 5.56 Å². The number of amides is 2. The molecule has 3 aromatic rings. The largest absolute Gasteiger partial charge is 0.342 e. The topological polar surface area (TPSA) is 78.0 Å². The number of carbonyl (C=O) groups is 2. The van der Waals surface area contributed by atoms with Crippen LogP contribution in [-0.4, -0.2) is 66.6 Å². The van der Waals surface area contributed by atoms with Gasteiger partial charge in [0.25, 0.3) is 0 Å². The second-order valence-corrected chi connectivity index (χ2v) is 12.7. The second-order valence-electron chi connectivity index (χ2n) is 10.7. The van der Waals surface area contributed by atoms with Gasteiger partial charge in [-0.15, -0.1) is 0 Å². The van der Waals surface area contributed by atoms with Crippen LogP contribution in [0, 0.1) is 5.82 Å². The van der Waals surface area contributed by atoms with Crippen LogP contribution >= 0.6 is 0 Å². The molecule has 224 valence electrons. The lowest BCUT2D eigenvalue weighted by molar-refractivity contribution is -0.138. The molecule has 9 heteroatoms. The molecular weight excluding hydrogens is 553 g/mol. The van der Waals surface area contributed by atoms with Crippen molar-refractivity contribution in [1.29, 1.82) is 0 Å². The van der Waals surface area contributed by atoms with Gasteiger partial charge in [0.15, 0.2) is 0 Å². The van der Waals surface area contributed by atoms with Gasteiger partial charge in [-0.3, -0.25) is 9.59 Å². The quantitative estimate of drug-likeness (QED) is 0.280. The first-order valence-corrected chi connectivity index (χ1v) is 16.1. The summed E-state index contributed by atoms with van der Waals surface area (Å²) in [4.78, 5) is 31.0. The summed E-state index contributed by atoms with van der Waals surface area (Å²) in [5.41, 5.74) is 1.62. The Morgan fingerprint density at radius 2 is 1.57 bits per heavy atom. The van der Waals surface area contributed by atoms with E-state index < -0.39 is 15.8 Å². The Balaban J connectivity index is 1.53. The third kappa shape index (κ3) is 7.63. The zero-order valence-electron chi connectivity index (χ0n) is 24.4. The first-order valence-electron chi connectivity index (χ1n) is 14.7. The van der Waals surface area contributed by atoms with Crippen molar-refractivity contribution in [2.75, 3.05) is 26.2 Å². The summed E-state index contributed by atoms with van der Waals surface area (Å²) in [6.45, 7) is 4.89. The molecule has 0 bridgehead atoms. The summed E-state index contributed by atoms with van der Waals surface area (Å²) in [5.74, 6) is -0.884. The molecule has 1 atom stereocenters. The monoisotopic (exact) mass is 593 g/mol. The first kappa shape index (κ1) is 31.4. The number of nitrogens with zero attached hydrogens (tertiary/aromatic N) is 3. The predicted octanol–water partition coefficient (Wildman–Crippen LogP) is 5.44. The molecule has 0 spiro atoms. The van der Waals surface area contributed by atoms with Crippen molar-refractivity contribution in [3.05, 3.63) is 102 Å². The molecular formula is C33H40FN3O4S. The maximum absolute atomic E-state index is 14.1. The highest BCUT2D eigenvalue weighted by Crippen LogP contribution is 2.27. The van der Waals surface area contributed by atoms with Gasteiger partial charge in [0.1, 0.15) is 5.82 Å². The maximum atomic E-state index is 14.1. The summed E-state index contributed by atoms with van der Waals surface area (Å²) >= 11 is 0. The zero-order valence-corrected chi connectivity index (χ0v) is 25.2. The standard InChI is InChI=1S/C33H40FN3O4S/c1-3-20-36(42(40,41)30-16-9-6-10-17-30)25-32(38)37(24-26-12-11-15-28(34)23-26)29-18-21-35(22-19-29)33(39)31(4-2)27-13-7-5-8-14-27/h5-17,23,29,31H,3-4,18-22,24-25H2,1-2H3/t31-/m0/s1. The van der Waals surface area contributed by atoms with Gasteiger partial charge in [-0.2, -0.15) is 4.31 Å². The Bertz CT molecular complexity index is 1430. The minimum atomic E-state index is -3.89. The Hall–Kier alpha value is -3.56. The van der Waals surface area contributed by atoms with Gasteiger partial charge in [-0.25, -0.2) is 12.8 Å². The molecule has 1 aliphatic rings. The third-order valence-corrected chi connectivity index (χ3v) is 9.71. The lowest BCUT2D eigenvalue weighted by atomic mass is 9.93. The second kappa shape index (κ2) is 14.6. The van der Waals surface area contributed by atoms with Gasteiger partial charge in [-0.05, 0) is 61.1 Å². The number of likely N-dealkylation sites (tertiary alicyclic amines) is 1. The molecule has 7 nitrogen and oxygen atoms in total. The lowest BCUT2D eigenvalue weighted by Gasteiger charge is -2.40. The Morgan fingerprint density at radius 3 is 2.17 bits per heavy atom. The predicted molar refractivity (Wildman–Crippen MR) is 162 cm³/mol. The number of carbonyl (C=O) groups excluding carboxylic acids is 2. The molecule has 1 fully saturated rings.